The fraction of sp³-hybridized carbons (Fsp3) is 0.190. The van der Waals surface area contributed by atoms with E-state index in [2.05, 4.69) is 17.0 Å². The third-order valence-electron chi connectivity index (χ3n) is 4.35. The molecule has 3 aromatic rings. The lowest BCUT2D eigenvalue weighted by Crippen LogP contribution is -2.36. The summed E-state index contributed by atoms with van der Waals surface area (Å²) in [5, 5.41) is 0. The third-order valence-corrected chi connectivity index (χ3v) is 4.35. The maximum absolute atomic E-state index is 12.3. The van der Waals surface area contributed by atoms with Crippen LogP contribution in [0.15, 0.2) is 75.9 Å². The number of benzene rings is 2. The van der Waals surface area contributed by atoms with Crippen LogP contribution in [-0.2, 0) is 4.74 Å². The lowest BCUT2D eigenvalue weighted by molar-refractivity contribution is 0.120. The van der Waals surface area contributed by atoms with Crippen molar-refractivity contribution in [2.45, 2.75) is 0 Å². The highest BCUT2D eigenvalue weighted by molar-refractivity contribution is 5.81. The minimum atomic E-state index is -0.0504. The monoisotopic (exact) mass is 333 g/mol. The van der Waals surface area contributed by atoms with Crippen LogP contribution in [-0.4, -0.2) is 26.3 Å². The molecule has 1 aromatic heterocycles. The molecule has 1 saturated heterocycles. The molecule has 1 aliphatic rings. The Kier molecular flexibility index (Phi) is 4.36. The van der Waals surface area contributed by atoms with Crippen LogP contribution in [0.1, 0.15) is 0 Å². The molecule has 0 radical (unpaired) electrons. The quantitative estimate of drug-likeness (QED) is 0.731. The van der Waals surface area contributed by atoms with E-state index >= 15 is 0 Å². The van der Waals surface area contributed by atoms with E-state index < -0.39 is 0 Å². The minimum Gasteiger partial charge on any atom is -0.440 e. The van der Waals surface area contributed by atoms with Gasteiger partial charge >= 0.3 is 0 Å². The van der Waals surface area contributed by atoms with Crippen molar-refractivity contribution in [1.82, 2.24) is 0 Å². The first-order valence-electron chi connectivity index (χ1n) is 8.44. The topological polar surface area (TPSA) is 42.7 Å². The number of hydrogen-bond donors (Lipinski definition) is 0. The van der Waals surface area contributed by atoms with Crippen LogP contribution < -0.4 is 10.3 Å². The van der Waals surface area contributed by atoms with Gasteiger partial charge in [-0.05, 0) is 11.1 Å². The molecule has 2 heterocycles. The second-order valence-electron chi connectivity index (χ2n) is 6.01. The second kappa shape index (κ2) is 6.95. The Hall–Kier alpha value is -2.85. The third kappa shape index (κ3) is 3.35. The number of anilines is 1. The van der Waals surface area contributed by atoms with E-state index in [0.29, 0.717) is 24.9 Å². The largest absolute Gasteiger partial charge is 0.440 e. The molecule has 126 valence electrons. The van der Waals surface area contributed by atoms with Crippen molar-refractivity contribution < 1.29 is 9.15 Å². The van der Waals surface area contributed by atoms with Crippen LogP contribution in [0.5, 0.6) is 0 Å². The number of ether oxygens (including phenoxy) is 1. The molecular weight excluding hydrogens is 314 g/mol. The zero-order valence-corrected chi connectivity index (χ0v) is 13.9. The van der Waals surface area contributed by atoms with Gasteiger partial charge in [-0.2, -0.15) is 0 Å². The van der Waals surface area contributed by atoms with E-state index in [9.17, 15) is 4.79 Å². The minimum absolute atomic E-state index is 0.0504. The van der Waals surface area contributed by atoms with Crippen molar-refractivity contribution in [3.63, 3.8) is 0 Å². The summed E-state index contributed by atoms with van der Waals surface area (Å²) in [6.07, 6.45) is 0. The highest BCUT2D eigenvalue weighted by atomic mass is 16.5. The number of nitrogens with zero attached hydrogens (tertiary/aromatic N) is 1. The molecule has 0 bridgehead atoms. The number of hydrogen-bond acceptors (Lipinski definition) is 4. The first-order valence-corrected chi connectivity index (χ1v) is 8.44. The Labute approximate surface area is 146 Å². The molecule has 0 saturated carbocycles. The Morgan fingerprint density at radius 1 is 0.800 bits per heavy atom. The maximum Gasteiger partial charge on any atom is 0.200 e. The van der Waals surface area contributed by atoms with Crippen LogP contribution in [0.4, 0.5) is 5.88 Å². The van der Waals surface area contributed by atoms with Crippen LogP contribution >= 0.6 is 0 Å². The fourth-order valence-electron chi connectivity index (χ4n) is 3.10. The molecular formula is C21H19NO3. The molecule has 0 spiro atoms. The van der Waals surface area contributed by atoms with Crippen molar-refractivity contribution in [2.75, 3.05) is 31.2 Å². The maximum atomic E-state index is 12.3. The molecule has 0 unspecified atom stereocenters. The zero-order chi connectivity index (χ0) is 17.1. The van der Waals surface area contributed by atoms with Crippen molar-refractivity contribution in [2.24, 2.45) is 0 Å². The molecule has 0 amide bonds. The standard InChI is InChI=1S/C21H19NO3/c23-17-14-20(25-21(15-17)22-10-12-24-13-11-22)19-9-5-4-8-18(19)16-6-2-1-3-7-16/h1-9,14-15H,10-13H2. The van der Waals surface area contributed by atoms with E-state index in [1.54, 1.807) is 12.1 Å². The SMILES string of the molecule is O=c1cc(-c2ccccc2-c2ccccc2)oc(N2CCOCC2)c1. The average molecular weight is 333 g/mol. The molecule has 25 heavy (non-hydrogen) atoms. The van der Waals surface area contributed by atoms with Gasteiger partial charge in [0.25, 0.3) is 0 Å². The molecule has 0 atom stereocenters. The van der Waals surface area contributed by atoms with Crippen molar-refractivity contribution in [3.05, 3.63) is 77.0 Å². The normalized spacial score (nSPS) is 14.5. The molecule has 0 aliphatic carbocycles. The van der Waals surface area contributed by atoms with Gasteiger partial charge in [-0.3, -0.25) is 4.79 Å². The summed E-state index contributed by atoms with van der Waals surface area (Å²) in [6, 6.07) is 21.2. The van der Waals surface area contributed by atoms with Gasteiger partial charge in [-0.25, -0.2) is 0 Å². The van der Waals surface area contributed by atoms with Gasteiger partial charge in [0.15, 0.2) is 11.3 Å². The molecule has 4 heteroatoms. The summed E-state index contributed by atoms with van der Waals surface area (Å²) in [5.74, 6) is 1.20. The van der Waals surface area contributed by atoms with Gasteiger partial charge in [0.2, 0.25) is 0 Å². The van der Waals surface area contributed by atoms with Gasteiger partial charge in [-0.15, -0.1) is 0 Å². The first kappa shape index (κ1) is 15.7. The van der Waals surface area contributed by atoms with Gasteiger partial charge in [0.1, 0.15) is 5.76 Å². The van der Waals surface area contributed by atoms with E-state index in [1.165, 1.54) is 0 Å². The zero-order valence-electron chi connectivity index (χ0n) is 13.9. The van der Waals surface area contributed by atoms with Crippen molar-refractivity contribution in [1.29, 1.82) is 0 Å². The van der Waals surface area contributed by atoms with Gasteiger partial charge in [-0.1, -0.05) is 54.6 Å². The predicted molar refractivity (Wildman–Crippen MR) is 98.9 cm³/mol. The van der Waals surface area contributed by atoms with Gasteiger partial charge in [0.05, 0.1) is 13.2 Å². The summed E-state index contributed by atoms with van der Waals surface area (Å²) in [5.41, 5.74) is 3.01. The Morgan fingerprint density at radius 2 is 1.48 bits per heavy atom. The average Bonchev–Trinajstić information content (AvgIpc) is 2.69. The Morgan fingerprint density at radius 3 is 2.24 bits per heavy atom. The van der Waals surface area contributed by atoms with Crippen LogP contribution in [0, 0.1) is 0 Å². The smallest absolute Gasteiger partial charge is 0.200 e. The van der Waals surface area contributed by atoms with Crippen LogP contribution in [0.25, 0.3) is 22.5 Å². The fourth-order valence-corrected chi connectivity index (χ4v) is 3.10. The first-order chi connectivity index (χ1) is 12.3. The Balaban J connectivity index is 1.80. The second-order valence-corrected chi connectivity index (χ2v) is 6.01. The van der Waals surface area contributed by atoms with Crippen molar-refractivity contribution in [3.8, 4) is 22.5 Å². The Bertz CT molecular complexity index is 912. The lowest BCUT2D eigenvalue weighted by atomic mass is 9.98. The summed E-state index contributed by atoms with van der Waals surface area (Å²) in [4.78, 5) is 14.3. The summed E-state index contributed by atoms with van der Waals surface area (Å²) in [6.45, 7) is 2.75. The molecule has 2 aromatic carbocycles. The molecule has 4 nitrogen and oxygen atoms in total. The molecule has 1 aliphatic heterocycles. The van der Waals surface area contributed by atoms with Gasteiger partial charge in [0, 0.05) is 30.8 Å². The van der Waals surface area contributed by atoms with E-state index in [-0.39, 0.29) is 5.43 Å². The number of morpholine rings is 1. The summed E-state index contributed by atoms with van der Waals surface area (Å²) in [7, 11) is 0. The summed E-state index contributed by atoms with van der Waals surface area (Å²) < 4.78 is 11.5. The van der Waals surface area contributed by atoms with Gasteiger partial charge < -0.3 is 14.1 Å². The summed E-state index contributed by atoms with van der Waals surface area (Å²) >= 11 is 0. The van der Waals surface area contributed by atoms with E-state index in [0.717, 1.165) is 29.8 Å². The molecule has 4 rings (SSSR count). The highest BCUT2D eigenvalue weighted by Gasteiger charge is 2.16. The van der Waals surface area contributed by atoms with E-state index in [4.69, 9.17) is 9.15 Å². The van der Waals surface area contributed by atoms with Crippen LogP contribution in [0.2, 0.25) is 0 Å². The predicted octanol–water partition coefficient (Wildman–Crippen LogP) is 3.81. The molecule has 1 fully saturated rings. The van der Waals surface area contributed by atoms with Crippen molar-refractivity contribution >= 4 is 5.88 Å². The van der Waals surface area contributed by atoms with Crippen LogP contribution in [0.3, 0.4) is 0 Å². The number of rotatable bonds is 3. The molecule has 0 N–H and O–H groups in total. The lowest BCUT2D eigenvalue weighted by Gasteiger charge is -2.27. The van der Waals surface area contributed by atoms with E-state index in [1.807, 2.05) is 42.5 Å². The highest BCUT2D eigenvalue weighted by Crippen LogP contribution is 2.32.